The molecule has 1 fully saturated rings. The highest BCUT2D eigenvalue weighted by molar-refractivity contribution is 7.13. The second-order valence-electron chi connectivity index (χ2n) is 5.97. The highest BCUT2D eigenvalue weighted by Gasteiger charge is 2.27. The molecule has 0 saturated carbocycles. The van der Waals surface area contributed by atoms with Gasteiger partial charge in [-0.05, 0) is 43.1 Å². The van der Waals surface area contributed by atoms with Crippen LogP contribution in [-0.2, 0) is 9.59 Å². The van der Waals surface area contributed by atoms with Gasteiger partial charge in [-0.2, -0.15) is 4.37 Å². The average Bonchev–Trinajstić information content (AvgIpc) is 3.02. The van der Waals surface area contributed by atoms with Gasteiger partial charge in [0.2, 0.25) is 11.8 Å². The number of rotatable bonds is 5. The van der Waals surface area contributed by atoms with E-state index in [-0.39, 0.29) is 17.9 Å². The van der Waals surface area contributed by atoms with Crippen molar-refractivity contribution < 1.29 is 9.59 Å². The van der Waals surface area contributed by atoms with Crippen molar-refractivity contribution in [1.82, 2.24) is 14.6 Å². The lowest BCUT2D eigenvalue weighted by Crippen LogP contribution is -2.51. The molecule has 6 nitrogen and oxygen atoms in total. The zero-order valence-corrected chi connectivity index (χ0v) is 14.6. The number of amides is 2. The third-order valence-corrected chi connectivity index (χ3v) is 5.09. The van der Waals surface area contributed by atoms with E-state index in [1.807, 2.05) is 24.3 Å². The van der Waals surface area contributed by atoms with E-state index in [0.717, 1.165) is 41.7 Å². The lowest BCUT2D eigenvalue weighted by atomic mass is 10.0. The Morgan fingerprint density at radius 2 is 2.21 bits per heavy atom. The summed E-state index contributed by atoms with van der Waals surface area (Å²) >= 11 is 1.44. The highest BCUT2D eigenvalue weighted by Crippen LogP contribution is 2.25. The molecular formula is C17H22N4O2S. The van der Waals surface area contributed by atoms with Gasteiger partial charge >= 0.3 is 0 Å². The second kappa shape index (κ2) is 7.72. The normalized spacial score (nSPS) is 17.6. The van der Waals surface area contributed by atoms with E-state index in [9.17, 15) is 9.59 Å². The quantitative estimate of drug-likeness (QED) is 0.868. The van der Waals surface area contributed by atoms with Crippen molar-refractivity contribution in [3.05, 3.63) is 24.3 Å². The summed E-state index contributed by atoms with van der Waals surface area (Å²) in [5.74, 6) is 0.479. The van der Waals surface area contributed by atoms with Crippen LogP contribution in [-0.4, -0.2) is 46.8 Å². The van der Waals surface area contributed by atoms with Crippen LogP contribution < -0.4 is 10.6 Å². The number of imide groups is 1. The molecular weight excluding hydrogens is 324 g/mol. The Kier molecular flexibility index (Phi) is 5.42. The average molecular weight is 346 g/mol. The van der Waals surface area contributed by atoms with Gasteiger partial charge in [0, 0.05) is 25.4 Å². The Bertz CT molecular complexity index is 724. The minimum atomic E-state index is -0.234. The lowest BCUT2D eigenvalue weighted by molar-refractivity contribution is -0.145. The number of nitrogens with one attached hydrogen (secondary N) is 2. The minimum absolute atomic E-state index is 0.118. The molecule has 2 heterocycles. The van der Waals surface area contributed by atoms with Crippen molar-refractivity contribution in [2.45, 2.75) is 32.2 Å². The number of nitrogens with zero attached hydrogens (tertiary/aromatic N) is 2. The standard InChI is InChI=1S/C17H22N4O2S/c1-12(22)21(17(23)14-7-4-5-9-18-14)11-10-19-16-13-6-2-3-8-15(13)24-20-16/h2-3,6,8,14,18H,4-5,7,9-11H2,1H3,(H,19,20). The first-order valence-corrected chi connectivity index (χ1v) is 9.08. The number of piperidine rings is 1. The van der Waals surface area contributed by atoms with E-state index in [1.165, 1.54) is 23.4 Å². The molecule has 24 heavy (non-hydrogen) atoms. The molecule has 128 valence electrons. The monoisotopic (exact) mass is 346 g/mol. The van der Waals surface area contributed by atoms with E-state index in [1.54, 1.807) is 0 Å². The van der Waals surface area contributed by atoms with E-state index in [2.05, 4.69) is 15.0 Å². The third-order valence-electron chi connectivity index (χ3n) is 4.26. The summed E-state index contributed by atoms with van der Waals surface area (Å²) in [4.78, 5) is 25.8. The number of benzene rings is 1. The van der Waals surface area contributed by atoms with E-state index >= 15 is 0 Å². The molecule has 0 bridgehead atoms. The maximum Gasteiger partial charge on any atom is 0.246 e. The zero-order chi connectivity index (χ0) is 16.9. The van der Waals surface area contributed by atoms with Crippen LogP contribution >= 0.6 is 11.5 Å². The van der Waals surface area contributed by atoms with Crippen LogP contribution in [0.2, 0.25) is 0 Å². The SMILES string of the molecule is CC(=O)N(CCNc1nsc2ccccc12)C(=O)C1CCCCN1. The number of carbonyl (C=O) groups excluding carboxylic acids is 2. The summed E-state index contributed by atoms with van der Waals surface area (Å²) in [6, 6.07) is 7.77. The van der Waals surface area contributed by atoms with Gasteiger partial charge < -0.3 is 10.6 Å². The maximum absolute atomic E-state index is 12.5. The first kappa shape index (κ1) is 16.9. The fraction of sp³-hybridized carbons (Fsp3) is 0.471. The van der Waals surface area contributed by atoms with Crippen molar-refractivity contribution in [3.63, 3.8) is 0 Å². The van der Waals surface area contributed by atoms with Crippen LogP contribution in [0, 0.1) is 0 Å². The molecule has 1 atom stereocenters. The number of anilines is 1. The number of carbonyl (C=O) groups is 2. The predicted molar refractivity (Wildman–Crippen MR) is 96.1 cm³/mol. The Morgan fingerprint density at radius 3 is 2.96 bits per heavy atom. The van der Waals surface area contributed by atoms with Crippen LogP contribution in [0.15, 0.2) is 24.3 Å². The molecule has 7 heteroatoms. The first-order valence-electron chi connectivity index (χ1n) is 8.30. The minimum Gasteiger partial charge on any atom is -0.367 e. The Labute approximate surface area is 145 Å². The fourth-order valence-electron chi connectivity index (χ4n) is 2.97. The number of hydrogen-bond acceptors (Lipinski definition) is 6. The molecule has 0 aliphatic carbocycles. The Morgan fingerprint density at radius 1 is 1.38 bits per heavy atom. The van der Waals surface area contributed by atoms with Gasteiger partial charge in [-0.3, -0.25) is 14.5 Å². The molecule has 1 aromatic carbocycles. The summed E-state index contributed by atoms with van der Waals surface area (Å²) in [7, 11) is 0. The summed E-state index contributed by atoms with van der Waals surface area (Å²) in [5, 5.41) is 7.52. The van der Waals surface area contributed by atoms with Crippen molar-refractivity contribution >= 4 is 39.3 Å². The van der Waals surface area contributed by atoms with Crippen molar-refractivity contribution in [1.29, 1.82) is 0 Å². The smallest absolute Gasteiger partial charge is 0.246 e. The molecule has 2 amide bonds. The summed E-state index contributed by atoms with van der Waals surface area (Å²) < 4.78 is 5.52. The van der Waals surface area contributed by atoms with Gasteiger partial charge in [-0.25, -0.2) is 0 Å². The van der Waals surface area contributed by atoms with E-state index in [4.69, 9.17) is 0 Å². The number of aromatic nitrogens is 1. The Hall–Kier alpha value is -1.99. The molecule has 1 saturated heterocycles. The number of hydrogen-bond donors (Lipinski definition) is 2. The summed E-state index contributed by atoms with van der Waals surface area (Å²) in [6.07, 6.45) is 2.91. The molecule has 1 aromatic heterocycles. The highest BCUT2D eigenvalue weighted by atomic mass is 32.1. The third kappa shape index (κ3) is 3.73. The van der Waals surface area contributed by atoms with Crippen molar-refractivity contribution in [2.75, 3.05) is 25.0 Å². The van der Waals surface area contributed by atoms with Gasteiger partial charge in [-0.1, -0.05) is 18.6 Å². The van der Waals surface area contributed by atoms with Crippen LogP contribution in [0.5, 0.6) is 0 Å². The Balaban J connectivity index is 1.60. The maximum atomic E-state index is 12.5. The first-order chi connectivity index (χ1) is 11.7. The summed E-state index contributed by atoms with van der Waals surface area (Å²) in [5.41, 5.74) is 0. The van der Waals surface area contributed by atoms with Gasteiger partial charge in [0.25, 0.3) is 0 Å². The van der Waals surface area contributed by atoms with Crippen LogP contribution in [0.25, 0.3) is 10.1 Å². The topological polar surface area (TPSA) is 74.3 Å². The molecule has 1 aliphatic rings. The largest absolute Gasteiger partial charge is 0.367 e. The molecule has 0 spiro atoms. The lowest BCUT2D eigenvalue weighted by Gasteiger charge is -2.28. The van der Waals surface area contributed by atoms with Crippen molar-refractivity contribution in [3.8, 4) is 0 Å². The van der Waals surface area contributed by atoms with Gasteiger partial charge in [0.15, 0.2) is 0 Å². The predicted octanol–water partition coefficient (Wildman–Crippen LogP) is 2.23. The molecule has 1 unspecified atom stereocenters. The molecule has 3 rings (SSSR count). The van der Waals surface area contributed by atoms with Crippen LogP contribution in [0.4, 0.5) is 5.82 Å². The van der Waals surface area contributed by atoms with E-state index in [0.29, 0.717) is 13.1 Å². The van der Waals surface area contributed by atoms with Gasteiger partial charge in [0.05, 0.1) is 10.7 Å². The van der Waals surface area contributed by atoms with Crippen LogP contribution in [0.1, 0.15) is 26.2 Å². The number of fused-ring (bicyclic) bond motifs is 1. The second-order valence-corrected chi connectivity index (χ2v) is 6.77. The summed E-state index contributed by atoms with van der Waals surface area (Å²) in [6.45, 7) is 3.12. The van der Waals surface area contributed by atoms with Crippen molar-refractivity contribution in [2.24, 2.45) is 0 Å². The fourth-order valence-corrected chi connectivity index (χ4v) is 3.73. The molecule has 2 aromatic rings. The van der Waals surface area contributed by atoms with E-state index < -0.39 is 0 Å². The molecule has 0 radical (unpaired) electrons. The van der Waals surface area contributed by atoms with Gasteiger partial charge in [0.1, 0.15) is 5.82 Å². The molecule has 1 aliphatic heterocycles. The van der Waals surface area contributed by atoms with Gasteiger partial charge in [-0.15, -0.1) is 0 Å². The molecule has 2 N–H and O–H groups in total. The van der Waals surface area contributed by atoms with Crippen LogP contribution in [0.3, 0.4) is 0 Å². The zero-order valence-electron chi connectivity index (χ0n) is 13.7.